The third kappa shape index (κ3) is 1.70. The SMILES string of the molecule is Cc1cc(N)nn1Cc1cncs1. The first-order valence-electron chi connectivity index (χ1n) is 3.93. The largest absolute Gasteiger partial charge is 0.382 e. The van der Waals surface area contributed by atoms with E-state index in [0.29, 0.717) is 5.82 Å². The Morgan fingerprint density at radius 1 is 1.62 bits per heavy atom. The summed E-state index contributed by atoms with van der Waals surface area (Å²) in [5, 5.41) is 4.16. The number of aryl methyl sites for hydroxylation is 1. The van der Waals surface area contributed by atoms with E-state index in [1.165, 1.54) is 4.88 Å². The molecule has 0 unspecified atom stereocenters. The summed E-state index contributed by atoms with van der Waals surface area (Å²) in [6.45, 7) is 2.75. The van der Waals surface area contributed by atoms with Gasteiger partial charge in [-0.15, -0.1) is 11.3 Å². The highest BCUT2D eigenvalue weighted by molar-refractivity contribution is 7.09. The first-order chi connectivity index (χ1) is 6.25. The summed E-state index contributed by atoms with van der Waals surface area (Å²) in [6, 6.07) is 1.86. The van der Waals surface area contributed by atoms with Gasteiger partial charge in [0.05, 0.1) is 12.1 Å². The second-order valence-corrected chi connectivity index (χ2v) is 3.81. The average Bonchev–Trinajstić information content (AvgIpc) is 2.63. The van der Waals surface area contributed by atoms with Crippen LogP contribution in [0.3, 0.4) is 0 Å². The van der Waals surface area contributed by atoms with Crippen LogP contribution in [0.5, 0.6) is 0 Å². The number of nitrogens with zero attached hydrogens (tertiary/aromatic N) is 3. The van der Waals surface area contributed by atoms with E-state index < -0.39 is 0 Å². The van der Waals surface area contributed by atoms with Crippen molar-refractivity contribution >= 4 is 17.2 Å². The Labute approximate surface area is 80.0 Å². The molecule has 0 bridgehead atoms. The van der Waals surface area contributed by atoms with Crippen LogP contribution in [0.25, 0.3) is 0 Å². The standard InChI is InChI=1S/C8H10N4S/c1-6-2-8(9)11-12(6)4-7-3-10-5-13-7/h2-3,5H,4H2,1H3,(H2,9,11). The maximum atomic E-state index is 5.56. The maximum absolute atomic E-state index is 5.56. The fraction of sp³-hybridized carbons (Fsp3) is 0.250. The van der Waals surface area contributed by atoms with Crippen molar-refractivity contribution in [2.45, 2.75) is 13.5 Å². The first-order valence-corrected chi connectivity index (χ1v) is 4.81. The molecule has 0 aromatic carbocycles. The molecule has 2 N–H and O–H groups in total. The van der Waals surface area contributed by atoms with Gasteiger partial charge in [-0.25, -0.2) is 0 Å². The minimum absolute atomic E-state index is 0.571. The molecule has 0 radical (unpaired) electrons. The van der Waals surface area contributed by atoms with Gasteiger partial charge in [0.15, 0.2) is 0 Å². The molecule has 0 saturated heterocycles. The molecule has 0 amide bonds. The predicted molar refractivity (Wildman–Crippen MR) is 52.6 cm³/mol. The van der Waals surface area contributed by atoms with Gasteiger partial charge in [-0.2, -0.15) is 5.10 Å². The zero-order valence-corrected chi connectivity index (χ0v) is 8.08. The van der Waals surface area contributed by atoms with Crippen LogP contribution in [0.2, 0.25) is 0 Å². The van der Waals surface area contributed by atoms with Crippen molar-refractivity contribution in [2.24, 2.45) is 0 Å². The van der Waals surface area contributed by atoms with Crippen LogP contribution in [0.1, 0.15) is 10.6 Å². The molecule has 0 fully saturated rings. The van der Waals surface area contributed by atoms with Crippen LogP contribution in [-0.4, -0.2) is 14.8 Å². The number of thiazole rings is 1. The normalized spacial score (nSPS) is 10.5. The van der Waals surface area contributed by atoms with E-state index >= 15 is 0 Å². The topological polar surface area (TPSA) is 56.7 Å². The fourth-order valence-electron chi connectivity index (χ4n) is 1.16. The molecule has 13 heavy (non-hydrogen) atoms. The van der Waals surface area contributed by atoms with Gasteiger partial charge >= 0.3 is 0 Å². The lowest BCUT2D eigenvalue weighted by Gasteiger charge is -1.99. The average molecular weight is 194 g/mol. The van der Waals surface area contributed by atoms with Crippen LogP contribution in [0.4, 0.5) is 5.82 Å². The smallest absolute Gasteiger partial charge is 0.145 e. The highest BCUT2D eigenvalue weighted by Crippen LogP contribution is 2.11. The van der Waals surface area contributed by atoms with Crippen molar-refractivity contribution in [3.05, 3.63) is 28.3 Å². The molecule has 68 valence electrons. The highest BCUT2D eigenvalue weighted by Gasteiger charge is 2.02. The van der Waals surface area contributed by atoms with Crippen LogP contribution in [0, 0.1) is 6.92 Å². The molecule has 5 heteroatoms. The molecule has 0 aliphatic carbocycles. The monoisotopic (exact) mass is 194 g/mol. The second-order valence-electron chi connectivity index (χ2n) is 2.84. The van der Waals surface area contributed by atoms with Crippen molar-refractivity contribution in [3.8, 4) is 0 Å². The van der Waals surface area contributed by atoms with Gasteiger partial charge in [0, 0.05) is 22.8 Å². The summed E-state index contributed by atoms with van der Waals surface area (Å²) in [5.41, 5.74) is 8.46. The number of hydrogen-bond donors (Lipinski definition) is 1. The number of nitrogens with two attached hydrogens (primary N) is 1. The molecule has 0 atom stereocenters. The van der Waals surface area contributed by atoms with Gasteiger partial charge in [-0.3, -0.25) is 9.67 Å². The lowest BCUT2D eigenvalue weighted by Crippen LogP contribution is -2.02. The van der Waals surface area contributed by atoms with E-state index in [1.807, 2.05) is 29.4 Å². The van der Waals surface area contributed by atoms with E-state index in [-0.39, 0.29) is 0 Å². The third-order valence-electron chi connectivity index (χ3n) is 1.79. The minimum Gasteiger partial charge on any atom is -0.382 e. The molecule has 2 heterocycles. The minimum atomic E-state index is 0.571. The quantitative estimate of drug-likeness (QED) is 0.783. The van der Waals surface area contributed by atoms with Crippen molar-refractivity contribution in [1.29, 1.82) is 0 Å². The van der Waals surface area contributed by atoms with Crippen LogP contribution in [0.15, 0.2) is 17.8 Å². The Balaban J connectivity index is 2.23. The van der Waals surface area contributed by atoms with E-state index in [1.54, 1.807) is 11.3 Å². The zero-order valence-electron chi connectivity index (χ0n) is 7.27. The fourth-order valence-corrected chi connectivity index (χ4v) is 1.74. The Bertz CT molecular complexity index is 390. The lowest BCUT2D eigenvalue weighted by atomic mass is 10.4. The van der Waals surface area contributed by atoms with Gasteiger partial charge in [0.2, 0.25) is 0 Å². The van der Waals surface area contributed by atoms with Crippen molar-refractivity contribution in [2.75, 3.05) is 5.73 Å². The van der Waals surface area contributed by atoms with Gasteiger partial charge < -0.3 is 5.73 Å². The molecule has 4 nitrogen and oxygen atoms in total. The number of hydrogen-bond acceptors (Lipinski definition) is 4. The first kappa shape index (κ1) is 8.25. The Kier molecular flexibility index (Phi) is 2.02. The summed E-state index contributed by atoms with van der Waals surface area (Å²) in [7, 11) is 0. The van der Waals surface area contributed by atoms with Crippen LogP contribution in [-0.2, 0) is 6.54 Å². The number of aromatic nitrogens is 3. The Morgan fingerprint density at radius 2 is 2.46 bits per heavy atom. The molecular formula is C8H10N4S. The zero-order chi connectivity index (χ0) is 9.26. The second kappa shape index (κ2) is 3.18. The van der Waals surface area contributed by atoms with E-state index in [4.69, 9.17) is 5.73 Å². The molecule has 0 aliphatic rings. The van der Waals surface area contributed by atoms with Crippen LogP contribution < -0.4 is 5.73 Å². The summed E-state index contributed by atoms with van der Waals surface area (Å²) in [5.74, 6) is 0.571. The van der Waals surface area contributed by atoms with Crippen molar-refractivity contribution < 1.29 is 0 Å². The van der Waals surface area contributed by atoms with Crippen molar-refractivity contribution in [1.82, 2.24) is 14.8 Å². The van der Waals surface area contributed by atoms with E-state index in [2.05, 4.69) is 10.1 Å². The van der Waals surface area contributed by atoms with E-state index in [9.17, 15) is 0 Å². The molecule has 0 spiro atoms. The molecule has 2 aromatic heterocycles. The molecule has 0 saturated carbocycles. The molecule has 2 rings (SSSR count). The molecular weight excluding hydrogens is 184 g/mol. The number of anilines is 1. The Morgan fingerprint density at radius 3 is 3.00 bits per heavy atom. The number of rotatable bonds is 2. The van der Waals surface area contributed by atoms with Gasteiger partial charge in [0.1, 0.15) is 5.82 Å². The summed E-state index contributed by atoms with van der Waals surface area (Å²) in [6.07, 6.45) is 1.85. The highest BCUT2D eigenvalue weighted by atomic mass is 32.1. The summed E-state index contributed by atoms with van der Waals surface area (Å²) < 4.78 is 1.88. The number of nitrogen functional groups attached to an aromatic ring is 1. The van der Waals surface area contributed by atoms with Gasteiger partial charge in [0.25, 0.3) is 0 Å². The Hall–Kier alpha value is -1.36. The molecule has 0 aliphatic heterocycles. The third-order valence-corrected chi connectivity index (χ3v) is 2.55. The van der Waals surface area contributed by atoms with Gasteiger partial charge in [-0.1, -0.05) is 0 Å². The van der Waals surface area contributed by atoms with E-state index in [0.717, 1.165) is 12.2 Å². The van der Waals surface area contributed by atoms with Crippen LogP contribution >= 0.6 is 11.3 Å². The lowest BCUT2D eigenvalue weighted by molar-refractivity contribution is 0.674. The molecule has 2 aromatic rings. The maximum Gasteiger partial charge on any atom is 0.145 e. The summed E-state index contributed by atoms with van der Waals surface area (Å²) >= 11 is 1.62. The summed E-state index contributed by atoms with van der Waals surface area (Å²) in [4.78, 5) is 5.19. The van der Waals surface area contributed by atoms with Gasteiger partial charge in [-0.05, 0) is 6.92 Å². The predicted octanol–water partition coefficient (Wildman–Crippen LogP) is 1.28. The van der Waals surface area contributed by atoms with Crippen molar-refractivity contribution in [3.63, 3.8) is 0 Å².